The molecule has 0 fully saturated rings. The summed E-state index contributed by atoms with van der Waals surface area (Å²) in [5.74, 6) is -1.33. The number of carbonyl (C=O) groups is 2. The minimum absolute atomic E-state index is 0.0634. The number of methoxy groups -OCH3 is 1. The van der Waals surface area contributed by atoms with Crippen molar-refractivity contribution in [1.82, 2.24) is 4.57 Å². The SMILES string of the molecule is CCS(=O)(=O)c1ccc(C(=O)N=c2sc3ccc([N+](=O)[O-])cc3n2CC(=O)OC)cc1. The topological polar surface area (TPSA) is 138 Å². The first-order chi connectivity index (χ1) is 14.7. The highest BCUT2D eigenvalue weighted by atomic mass is 32.2. The van der Waals surface area contributed by atoms with Gasteiger partial charge in [0, 0.05) is 17.7 Å². The van der Waals surface area contributed by atoms with E-state index in [0.717, 1.165) is 11.3 Å². The molecular formula is C19H17N3O7S2. The lowest BCUT2D eigenvalue weighted by Crippen LogP contribution is -2.22. The number of carbonyl (C=O) groups excluding carboxylic acids is 2. The first-order valence-electron chi connectivity index (χ1n) is 8.92. The average molecular weight is 463 g/mol. The van der Waals surface area contributed by atoms with Gasteiger partial charge >= 0.3 is 5.97 Å². The van der Waals surface area contributed by atoms with Crippen LogP contribution in [-0.4, -0.2) is 42.6 Å². The molecule has 0 atom stereocenters. The maximum atomic E-state index is 12.7. The van der Waals surface area contributed by atoms with E-state index in [1.165, 1.54) is 61.1 Å². The number of non-ortho nitro benzene ring substituents is 1. The summed E-state index contributed by atoms with van der Waals surface area (Å²) in [5.41, 5.74) is 0.346. The van der Waals surface area contributed by atoms with Crippen molar-refractivity contribution < 1.29 is 27.7 Å². The second kappa shape index (κ2) is 8.78. The van der Waals surface area contributed by atoms with Gasteiger partial charge in [-0.25, -0.2) is 8.42 Å². The van der Waals surface area contributed by atoms with E-state index in [4.69, 9.17) is 0 Å². The molecule has 1 heterocycles. The van der Waals surface area contributed by atoms with Gasteiger partial charge in [0.2, 0.25) is 0 Å². The van der Waals surface area contributed by atoms with Crippen molar-refractivity contribution in [2.45, 2.75) is 18.4 Å². The van der Waals surface area contributed by atoms with E-state index in [2.05, 4.69) is 9.73 Å². The molecule has 0 N–H and O–H groups in total. The number of fused-ring (bicyclic) bond motifs is 1. The predicted octanol–water partition coefficient (Wildman–Crippen LogP) is 2.32. The van der Waals surface area contributed by atoms with E-state index in [-0.39, 0.29) is 33.2 Å². The minimum Gasteiger partial charge on any atom is -0.468 e. The van der Waals surface area contributed by atoms with Crippen LogP contribution in [0.2, 0.25) is 0 Å². The number of nitrogens with zero attached hydrogens (tertiary/aromatic N) is 3. The quantitative estimate of drug-likeness (QED) is 0.311. The van der Waals surface area contributed by atoms with Crippen LogP contribution in [0.15, 0.2) is 52.4 Å². The number of nitro groups is 1. The Morgan fingerprint density at radius 3 is 2.45 bits per heavy atom. The van der Waals surface area contributed by atoms with Gasteiger partial charge in [-0.3, -0.25) is 19.7 Å². The largest absolute Gasteiger partial charge is 0.468 e. The molecule has 12 heteroatoms. The lowest BCUT2D eigenvalue weighted by Gasteiger charge is -2.04. The van der Waals surface area contributed by atoms with Gasteiger partial charge in [0.05, 0.1) is 32.9 Å². The van der Waals surface area contributed by atoms with Crippen LogP contribution < -0.4 is 4.80 Å². The summed E-state index contributed by atoms with van der Waals surface area (Å²) in [6, 6.07) is 9.51. The van der Waals surface area contributed by atoms with E-state index >= 15 is 0 Å². The number of amides is 1. The molecule has 0 bridgehead atoms. The van der Waals surface area contributed by atoms with Crippen LogP contribution in [0.5, 0.6) is 0 Å². The van der Waals surface area contributed by atoms with Crippen molar-refractivity contribution in [2.75, 3.05) is 12.9 Å². The zero-order valence-corrected chi connectivity index (χ0v) is 18.1. The summed E-state index contributed by atoms with van der Waals surface area (Å²) in [6.07, 6.45) is 0. The molecule has 3 rings (SSSR count). The van der Waals surface area contributed by atoms with Gasteiger partial charge in [-0.2, -0.15) is 4.99 Å². The number of nitro benzene ring substituents is 1. The zero-order chi connectivity index (χ0) is 22.8. The summed E-state index contributed by atoms with van der Waals surface area (Å²) in [7, 11) is -2.20. The summed E-state index contributed by atoms with van der Waals surface area (Å²) in [5, 5.41) is 11.1. The first-order valence-corrected chi connectivity index (χ1v) is 11.4. The summed E-state index contributed by atoms with van der Waals surface area (Å²) in [4.78, 5) is 39.4. The van der Waals surface area contributed by atoms with Crippen molar-refractivity contribution in [3.8, 4) is 0 Å². The molecule has 1 amide bonds. The van der Waals surface area contributed by atoms with Crippen molar-refractivity contribution >= 4 is 49.0 Å². The third kappa shape index (κ3) is 4.70. The second-order valence-electron chi connectivity index (χ2n) is 6.30. The lowest BCUT2D eigenvalue weighted by atomic mass is 10.2. The molecule has 0 spiro atoms. The normalized spacial score (nSPS) is 12.1. The number of hydrogen-bond acceptors (Lipinski definition) is 8. The Hall–Kier alpha value is -3.38. The van der Waals surface area contributed by atoms with E-state index in [9.17, 15) is 28.1 Å². The molecule has 31 heavy (non-hydrogen) atoms. The smallest absolute Gasteiger partial charge is 0.325 e. The predicted molar refractivity (Wildman–Crippen MR) is 113 cm³/mol. The van der Waals surface area contributed by atoms with Crippen LogP contribution in [0.1, 0.15) is 17.3 Å². The van der Waals surface area contributed by atoms with Crippen molar-refractivity contribution in [1.29, 1.82) is 0 Å². The third-order valence-corrected chi connectivity index (χ3v) is 7.24. The van der Waals surface area contributed by atoms with Gasteiger partial charge in [-0.15, -0.1) is 0 Å². The van der Waals surface area contributed by atoms with Crippen LogP contribution in [0.4, 0.5) is 5.69 Å². The Morgan fingerprint density at radius 2 is 1.87 bits per heavy atom. The van der Waals surface area contributed by atoms with E-state index < -0.39 is 26.6 Å². The standard InChI is InChI=1S/C19H17N3O7S2/c1-3-31(27,28)14-7-4-12(5-8-14)18(24)20-19-21(11-17(23)29-2)15-10-13(22(25)26)6-9-16(15)30-19/h4-10H,3,11H2,1-2H3. The average Bonchev–Trinajstić information content (AvgIpc) is 3.09. The van der Waals surface area contributed by atoms with Crippen molar-refractivity contribution in [2.24, 2.45) is 4.99 Å². The number of thiazole rings is 1. The van der Waals surface area contributed by atoms with E-state index in [1.807, 2.05) is 0 Å². The van der Waals surface area contributed by atoms with Gasteiger partial charge in [0.15, 0.2) is 14.6 Å². The first kappa shape index (κ1) is 22.3. The fourth-order valence-corrected chi connectivity index (χ4v) is 4.62. The van der Waals surface area contributed by atoms with Crippen LogP contribution in [0.3, 0.4) is 0 Å². The highest BCUT2D eigenvalue weighted by molar-refractivity contribution is 7.91. The molecule has 0 aliphatic rings. The molecule has 0 saturated carbocycles. The van der Waals surface area contributed by atoms with Crippen LogP contribution in [0, 0.1) is 10.1 Å². The number of esters is 1. The molecule has 0 radical (unpaired) electrons. The summed E-state index contributed by atoms with van der Waals surface area (Å²) < 4.78 is 30.5. The maximum Gasteiger partial charge on any atom is 0.325 e. The number of rotatable bonds is 6. The fourth-order valence-electron chi connectivity index (χ4n) is 2.73. The minimum atomic E-state index is -3.40. The molecule has 10 nitrogen and oxygen atoms in total. The molecule has 0 aliphatic carbocycles. The summed E-state index contributed by atoms with van der Waals surface area (Å²) in [6.45, 7) is 1.23. The molecule has 0 unspecified atom stereocenters. The Kier molecular flexibility index (Phi) is 6.32. The number of ether oxygens (including phenoxy) is 1. The van der Waals surface area contributed by atoms with Crippen LogP contribution >= 0.6 is 11.3 Å². The Balaban J connectivity index is 2.09. The van der Waals surface area contributed by atoms with Gasteiger partial charge in [-0.1, -0.05) is 18.3 Å². The molecule has 0 aliphatic heterocycles. The summed E-state index contributed by atoms with van der Waals surface area (Å²) >= 11 is 1.08. The number of aromatic nitrogens is 1. The molecule has 3 aromatic rings. The number of hydrogen-bond donors (Lipinski definition) is 0. The molecular weight excluding hydrogens is 446 g/mol. The Bertz CT molecular complexity index is 1350. The van der Waals surface area contributed by atoms with E-state index in [0.29, 0.717) is 10.2 Å². The van der Waals surface area contributed by atoms with Crippen molar-refractivity contribution in [3.05, 3.63) is 62.9 Å². The highest BCUT2D eigenvalue weighted by Crippen LogP contribution is 2.23. The Labute approximate surface area is 180 Å². The second-order valence-corrected chi connectivity index (χ2v) is 9.59. The Morgan fingerprint density at radius 1 is 1.19 bits per heavy atom. The van der Waals surface area contributed by atoms with Gasteiger partial charge < -0.3 is 9.30 Å². The molecule has 0 saturated heterocycles. The van der Waals surface area contributed by atoms with Gasteiger partial charge in [0.25, 0.3) is 11.6 Å². The zero-order valence-electron chi connectivity index (χ0n) is 16.5. The lowest BCUT2D eigenvalue weighted by molar-refractivity contribution is -0.384. The monoisotopic (exact) mass is 463 g/mol. The number of benzene rings is 2. The fraction of sp³-hybridized carbons (Fsp3) is 0.211. The third-order valence-electron chi connectivity index (χ3n) is 4.43. The van der Waals surface area contributed by atoms with Gasteiger partial charge in [0.1, 0.15) is 6.54 Å². The van der Waals surface area contributed by atoms with Crippen molar-refractivity contribution in [3.63, 3.8) is 0 Å². The van der Waals surface area contributed by atoms with Crippen LogP contribution in [0.25, 0.3) is 10.2 Å². The maximum absolute atomic E-state index is 12.7. The molecule has 1 aromatic heterocycles. The van der Waals surface area contributed by atoms with Gasteiger partial charge in [-0.05, 0) is 30.3 Å². The molecule has 2 aromatic carbocycles. The van der Waals surface area contributed by atoms with Crippen LogP contribution in [-0.2, 0) is 25.9 Å². The molecule has 162 valence electrons. The highest BCUT2D eigenvalue weighted by Gasteiger charge is 2.17. The number of sulfone groups is 1. The van der Waals surface area contributed by atoms with E-state index in [1.54, 1.807) is 0 Å².